The van der Waals surface area contributed by atoms with E-state index in [1.165, 1.54) is 5.56 Å². The fraction of sp³-hybridized carbons (Fsp3) is 0.250. The number of amides is 1. The summed E-state index contributed by atoms with van der Waals surface area (Å²) >= 11 is 0. The maximum absolute atomic E-state index is 13.1. The average molecular weight is 577 g/mol. The van der Waals surface area contributed by atoms with Crippen molar-refractivity contribution in [1.29, 1.82) is 0 Å². The van der Waals surface area contributed by atoms with E-state index < -0.39 is 12.0 Å². The van der Waals surface area contributed by atoms with E-state index in [0.29, 0.717) is 42.1 Å². The van der Waals surface area contributed by atoms with Crippen LogP contribution in [0.3, 0.4) is 0 Å². The lowest BCUT2D eigenvalue weighted by atomic mass is 9.95. The van der Waals surface area contributed by atoms with E-state index in [2.05, 4.69) is 22.8 Å². The molecule has 1 unspecified atom stereocenters. The minimum atomic E-state index is -1.01. The largest absolute Gasteiger partial charge is 0.494 e. The molecule has 43 heavy (non-hydrogen) atoms. The number of para-hydroxylation sites is 1. The summed E-state index contributed by atoms with van der Waals surface area (Å²) in [4.78, 5) is 38.0. The number of carboxylic acids is 1. The van der Waals surface area contributed by atoms with Gasteiger partial charge in [-0.15, -0.1) is 0 Å². The van der Waals surface area contributed by atoms with Gasteiger partial charge in [0.1, 0.15) is 11.8 Å². The van der Waals surface area contributed by atoms with Crippen molar-refractivity contribution < 1.29 is 24.2 Å². The van der Waals surface area contributed by atoms with Gasteiger partial charge in [0.15, 0.2) is 5.78 Å². The van der Waals surface area contributed by atoms with Gasteiger partial charge < -0.3 is 20.5 Å². The van der Waals surface area contributed by atoms with Crippen molar-refractivity contribution >= 4 is 23.3 Å². The number of nitrogens with one attached hydrogen (secondary N) is 2. The number of carbonyl (C=O) groups is 3. The van der Waals surface area contributed by atoms with E-state index in [1.807, 2.05) is 48.5 Å². The molecular formula is C36H36N2O5. The molecule has 220 valence electrons. The molecule has 1 saturated carbocycles. The van der Waals surface area contributed by atoms with Crippen LogP contribution in [0, 0.1) is 5.41 Å². The highest BCUT2D eigenvalue weighted by molar-refractivity contribution is 6.12. The van der Waals surface area contributed by atoms with Crippen molar-refractivity contribution in [3.8, 4) is 5.75 Å². The Kier molecular flexibility index (Phi) is 9.52. The first-order chi connectivity index (χ1) is 20.9. The quantitative estimate of drug-likeness (QED) is 0.120. The summed E-state index contributed by atoms with van der Waals surface area (Å²) in [6.07, 6.45) is 3.53. The fourth-order valence-corrected chi connectivity index (χ4v) is 5.17. The Morgan fingerprint density at radius 1 is 0.791 bits per heavy atom. The molecule has 0 heterocycles. The van der Waals surface area contributed by atoms with Gasteiger partial charge in [0.05, 0.1) is 12.0 Å². The van der Waals surface area contributed by atoms with Crippen molar-refractivity contribution in [2.45, 2.75) is 38.1 Å². The number of hydrogen-bond donors (Lipinski definition) is 3. The molecule has 0 aliphatic heterocycles. The standard InChI is InChI=1S/C36H36N2O5/c39-33(28-12-5-2-6-13-28)30-14-7-8-15-31(30)38-32(34(40)41)24-26-16-18-29(19-17-26)43-23-9-22-37-35(42)36(20-21-36)25-27-10-3-1-4-11-27/h1-8,10-19,32,38H,9,20-25H2,(H,37,42)(H,40,41). The topological polar surface area (TPSA) is 105 Å². The average Bonchev–Trinajstić information content (AvgIpc) is 3.82. The predicted molar refractivity (Wildman–Crippen MR) is 166 cm³/mol. The first kappa shape index (κ1) is 29.6. The zero-order valence-corrected chi connectivity index (χ0v) is 24.0. The van der Waals surface area contributed by atoms with Crippen molar-refractivity contribution in [1.82, 2.24) is 5.32 Å². The molecule has 7 heteroatoms. The van der Waals surface area contributed by atoms with Gasteiger partial charge in [-0.1, -0.05) is 84.9 Å². The smallest absolute Gasteiger partial charge is 0.326 e. The van der Waals surface area contributed by atoms with Crippen LogP contribution < -0.4 is 15.4 Å². The van der Waals surface area contributed by atoms with E-state index >= 15 is 0 Å². The summed E-state index contributed by atoms with van der Waals surface area (Å²) in [6, 6.07) is 32.4. The Bertz CT molecular complexity index is 1530. The number of aliphatic carboxylic acids is 1. The Labute approximate surface area is 251 Å². The highest BCUT2D eigenvalue weighted by Crippen LogP contribution is 2.48. The Morgan fingerprint density at radius 3 is 2.12 bits per heavy atom. The number of rotatable bonds is 15. The molecule has 7 nitrogen and oxygen atoms in total. The van der Waals surface area contributed by atoms with Crippen LogP contribution in [-0.4, -0.2) is 42.0 Å². The minimum absolute atomic E-state index is 0.120. The van der Waals surface area contributed by atoms with Crippen LogP contribution in [0.25, 0.3) is 0 Å². The van der Waals surface area contributed by atoms with Crippen LogP contribution in [0.2, 0.25) is 0 Å². The van der Waals surface area contributed by atoms with Crippen LogP contribution in [0.1, 0.15) is 46.3 Å². The molecule has 0 radical (unpaired) electrons. The number of ketones is 1. The maximum atomic E-state index is 13.1. The highest BCUT2D eigenvalue weighted by Gasteiger charge is 2.49. The molecular weight excluding hydrogens is 540 g/mol. The second-order valence-corrected chi connectivity index (χ2v) is 11.0. The summed E-state index contributed by atoms with van der Waals surface area (Å²) in [5, 5.41) is 16.1. The van der Waals surface area contributed by atoms with Gasteiger partial charge in [-0.3, -0.25) is 9.59 Å². The van der Waals surface area contributed by atoms with Gasteiger partial charge in [-0.25, -0.2) is 4.79 Å². The molecule has 1 atom stereocenters. The molecule has 1 aliphatic carbocycles. The summed E-state index contributed by atoms with van der Waals surface area (Å²) in [5.41, 5.74) is 3.18. The van der Waals surface area contributed by atoms with Crippen molar-refractivity contribution in [3.63, 3.8) is 0 Å². The first-order valence-electron chi connectivity index (χ1n) is 14.7. The second kappa shape index (κ2) is 13.8. The van der Waals surface area contributed by atoms with Crippen LogP contribution >= 0.6 is 0 Å². The predicted octanol–water partition coefficient (Wildman–Crippen LogP) is 5.93. The third kappa shape index (κ3) is 7.89. The first-order valence-corrected chi connectivity index (χ1v) is 14.7. The fourth-order valence-electron chi connectivity index (χ4n) is 5.17. The molecule has 4 aromatic rings. The van der Waals surface area contributed by atoms with E-state index in [9.17, 15) is 19.5 Å². The van der Waals surface area contributed by atoms with Crippen LogP contribution in [0.4, 0.5) is 5.69 Å². The molecule has 0 saturated heterocycles. The van der Waals surface area contributed by atoms with Gasteiger partial charge in [-0.05, 0) is 61.1 Å². The summed E-state index contributed by atoms with van der Waals surface area (Å²) in [6.45, 7) is 1.00. The Balaban J connectivity index is 1.09. The molecule has 1 aliphatic rings. The van der Waals surface area contributed by atoms with Crippen LogP contribution in [0.15, 0.2) is 109 Å². The van der Waals surface area contributed by atoms with Crippen molar-refractivity contribution in [2.24, 2.45) is 5.41 Å². The molecule has 5 rings (SSSR count). The van der Waals surface area contributed by atoms with Crippen LogP contribution in [0.5, 0.6) is 5.75 Å². The third-order valence-electron chi connectivity index (χ3n) is 7.79. The number of anilines is 1. The van der Waals surface area contributed by atoms with E-state index in [4.69, 9.17) is 4.74 Å². The number of hydrogen-bond acceptors (Lipinski definition) is 5. The number of carbonyl (C=O) groups excluding carboxylic acids is 2. The molecule has 1 fully saturated rings. The zero-order chi connectivity index (χ0) is 30.1. The highest BCUT2D eigenvalue weighted by atomic mass is 16.5. The molecule has 0 aromatic heterocycles. The number of benzene rings is 4. The van der Waals surface area contributed by atoms with Crippen molar-refractivity contribution in [2.75, 3.05) is 18.5 Å². The summed E-state index contributed by atoms with van der Waals surface area (Å²) in [7, 11) is 0. The summed E-state index contributed by atoms with van der Waals surface area (Å²) < 4.78 is 5.85. The second-order valence-electron chi connectivity index (χ2n) is 11.0. The van der Waals surface area contributed by atoms with E-state index in [1.54, 1.807) is 48.5 Å². The normalized spacial score (nSPS) is 13.9. The number of carboxylic acid groups (broad SMARTS) is 1. The number of ether oxygens (including phenoxy) is 1. The van der Waals surface area contributed by atoms with E-state index in [-0.39, 0.29) is 23.5 Å². The Hall–Kier alpha value is -4.91. The monoisotopic (exact) mass is 576 g/mol. The van der Waals surface area contributed by atoms with Gasteiger partial charge in [0.25, 0.3) is 0 Å². The summed E-state index contributed by atoms with van der Waals surface area (Å²) in [5.74, 6) is -0.389. The third-order valence-corrected chi connectivity index (χ3v) is 7.79. The lowest BCUT2D eigenvalue weighted by Crippen LogP contribution is -2.34. The van der Waals surface area contributed by atoms with Crippen molar-refractivity contribution in [3.05, 3.63) is 131 Å². The molecule has 1 amide bonds. The van der Waals surface area contributed by atoms with Gasteiger partial charge in [0.2, 0.25) is 5.91 Å². The Morgan fingerprint density at radius 2 is 1.44 bits per heavy atom. The van der Waals surface area contributed by atoms with Gasteiger partial charge in [0, 0.05) is 29.8 Å². The molecule has 0 bridgehead atoms. The minimum Gasteiger partial charge on any atom is -0.494 e. The molecule has 4 aromatic carbocycles. The van der Waals surface area contributed by atoms with E-state index in [0.717, 1.165) is 24.8 Å². The van der Waals surface area contributed by atoms with Crippen LogP contribution in [-0.2, 0) is 22.4 Å². The lowest BCUT2D eigenvalue weighted by Gasteiger charge is -2.18. The van der Waals surface area contributed by atoms with Gasteiger partial charge >= 0.3 is 5.97 Å². The zero-order valence-electron chi connectivity index (χ0n) is 24.0. The lowest BCUT2D eigenvalue weighted by molar-refractivity contribution is -0.137. The molecule has 3 N–H and O–H groups in total. The maximum Gasteiger partial charge on any atom is 0.326 e. The van der Waals surface area contributed by atoms with Gasteiger partial charge in [-0.2, -0.15) is 0 Å². The molecule has 0 spiro atoms. The SMILES string of the molecule is O=C(c1ccccc1)c1ccccc1NC(Cc1ccc(OCCCNC(=O)C2(Cc3ccccc3)CC2)cc1)C(=O)O.